The van der Waals surface area contributed by atoms with Crippen LogP contribution in [-0.4, -0.2) is 55.4 Å². The third-order valence-corrected chi connectivity index (χ3v) is 6.27. The van der Waals surface area contributed by atoms with Crippen molar-refractivity contribution in [2.45, 2.75) is 51.8 Å². The molecule has 162 valence electrons. The van der Waals surface area contributed by atoms with Crippen molar-refractivity contribution in [1.29, 1.82) is 0 Å². The molecule has 1 amide bonds. The van der Waals surface area contributed by atoms with Crippen LogP contribution in [-0.2, 0) is 18.3 Å². The van der Waals surface area contributed by atoms with Crippen molar-refractivity contribution >= 4 is 33.4 Å². The number of nitrogens with one attached hydrogen (secondary N) is 1. The molecule has 1 aliphatic rings. The number of aryl methyl sites for hydroxylation is 1. The summed E-state index contributed by atoms with van der Waals surface area (Å²) in [7, 11) is 3.75. The molecule has 1 atom stereocenters. The molecule has 0 saturated heterocycles. The highest BCUT2D eigenvalue weighted by molar-refractivity contribution is 7.17. The quantitative estimate of drug-likeness (QED) is 0.643. The van der Waals surface area contributed by atoms with E-state index >= 15 is 0 Å². The van der Waals surface area contributed by atoms with E-state index in [4.69, 9.17) is 4.74 Å². The Morgan fingerprint density at radius 2 is 2.13 bits per heavy atom. The second-order valence-electron chi connectivity index (χ2n) is 8.95. The predicted molar refractivity (Wildman–Crippen MR) is 116 cm³/mol. The van der Waals surface area contributed by atoms with E-state index in [9.17, 15) is 9.59 Å². The highest BCUT2D eigenvalue weighted by atomic mass is 32.1. The fourth-order valence-corrected chi connectivity index (χ4v) is 4.61. The normalized spacial score (nSPS) is 15.8. The van der Waals surface area contributed by atoms with Gasteiger partial charge in [0.05, 0.1) is 12.1 Å². The number of nitrogens with zero attached hydrogens (tertiary/aromatic N) is 5. The van der Waals surface area contributed by atoms with Crippen LogP contribution in [0.1, 0.15) is 39.4 Å². The third-order valence-electron chi connectivity index (χ3n) is 5.37. The number of carbonyl (C=O) groups is 1. The Morgan fingerprint density at radius 3 is 2.80 bits per heavy atom. The number of fused-ring (bicyclic) bond motifs is 3. The standard InChI is InChI=1S/C20H28N6O3S/c1-20(2,3)29-19(28)21-10-14(12-6-7-12)24(4)11-15-22-23-18-25(5)17(27)16-13(26(15)18)8-9-30-16/h8-9,12,14H,6-7,10-11H2,1-5H3,(H,21,28)/t14-/m0/s1. The highest BCUT2D eigenvalue weighted by Crippen LogP contribution is 2.35. The lowest BCUT2D eigenvalue weighted by Gasteiger charge is -2.28. The number of hydrogen-bond donors (Lipinski definition) is 1. The van der Waals surface area contributed by atoms with E-state index in [2.05, 4.69) is 20.4 Å². The van der Waals surface area contributed by atoms with Crippen molar-refractivity contribution in [3.8, 4) is 0 Å². The molecule has 0 radical (unpaired) electrons. The first kappa shape index (κ1) is 20.8. The van der Waals surface area contributed by atoms with Crippen LogP contribution in [0.2, 0.25) is 0 Å². The first-order valence-electron chi connectivity index (χ1n) is 10.1. The molecule has 3 aromatic rings. The maximum atomic E-state index is 12.5. The van der Waals surface area contributed by atoms with Crippen molar-refractivity contribution in [2.24, 2.45) is 13.0 Å². The average Bonchev–Trinajstić information content (AvgIpc) is 3.21. The fourth-order valence-electron chi connectivity index (χ4n) is 3.76. The summed E-state index contributed by atoms with van der Waals surface area (Å²) >= 11 is 1.43. The van der Waals surface area contributed by atoms with Gasteiger partial charge < -0.3 is 10.1 Å². The smallest absolute Gasteiger partial charge is 0.407 e. The van der Waals surface area contributed by atoms with Gasteiger partial charge in [0.2, 0.25) is 5.78 Å². The number of alkyl carbamates (subject to hydrolysis) is 1. The van der Waals surface area contributed by atoms with Gasteiger partial charge in [-0.25, -0.2) is 4.79 Å². The van der Waals surface area contributed by atoms with Gasteiger partial charge >= 0.3 is 6.09 Å². The van der Waals surface area contributed by atoms with Crippen LogP contribution in [0.4, 0.5) is 4.79 Å². The zero-order chi connectivity index (χ0) is 21.6. The molecule has 3 heterocycles. The molecule has 0 bridgehead atoms. The Kier molecular flexibility index (Phi) is 5.31. The number of likely N-dealkylation sites (N-methyl/N-ethyl adjacent to an activating group) is 1. The Labute approximate surface area is 178 Å². The Balaban J connectivity index is 1.55. The van der Waals surface area contributed by atoms with Crippen molar-refractivity contribution in [2.75, 3.05) is 13.6 Å². The van der Waals surface area contributed by atoms with Crippen LogP contribution in [0.5, 0.6) is 0 Å². The molecule has 3 aromatic heterocycles. The minimum Gasteiger partial charge on any atom is -0.444 e. The van der Waals surface area contributed by atoms with Gasteiger partial charge in [0.15, 0.2) is 5.82 Å². The molecule has 1 fully saturated rings. The molecule has 0 unspecified atom stereocenters. The lowest BCUT2D eigenvalue weighted by molar-refractivity contribution is 0.0505. The highest BCUT2D eigenvalue weighted by Gasteiger charge is 2.35. The second kappa shape index (κ2) is 7.66. The van der Waals surface area contributed by atoms with Crippen molar-refractivity contribution in [1.82, 2.24) is 29.4 Å². The van der Waals surface area contributed by atoms with Gasteiger partial charge in [0, 0.05) is 19.6 Å². The molecule has 10 heteroatoms. The topological polar surface area (TPSA) is 93.8 Å². The van der Waals surface area contributed by atoms with E-state index in [0.717, 1.165) is 24.2 Å². The summed E-state index contributed by atoms with van der Waals surface area (Å²) in [5, 5.41) is 13.5. The number of hydrogen-bond acceptors (Lipinski definition) is 7. The van der Waals surface area contributed by atoms with Gasteiger partial charge in [-0.15, -0.1) is 21.5 Å². The molecule has 30 heavy (non-hydrogen) atoms. The van der Waals surface area contributed by atoms with E-state index in [1.165, 1.54) is 15.9 Å². The molecule has 1 N–H and O–H groups in total. The lowest BCUT2D eigenvalue weighted by Crippen LogP contribution is -2.44. The monoisotopic (exact) mass is 432 g/mol. The molecule has 1 saturated carbocycles. The molecule has 0 aliphatic heterocycles. The number of rotatable bonds is 6. The van der Waals surface area contributed by atoms with E-state index in [-0.39, 0.29) is 11.6 Å². The van der Waals surface area contributed by atoms with Gasteiger partial charge in [0.1, 0.15) is 10.3 Å². The zero-order valence-corrected chi connectivity index (χ0v) is 18.8. The molecule has 0 aromatic carbocycles. The minimum atomic E-state index is -0.520. The van der Waals surface area contributed by atoms with Crippen LogP contribution in [0, 0.1) is 5.92 Å². The predicted octanol–water partition coefficient (Wildman–Crippen LogP) is 2.38. The molecule has 9 nitrogen and oxygen atoms in total. The SMILES string of the molecule is CN(Cc1nnc2n(C)c(=O)c3sccc3n12)[C@@H](CNC(=O)OC(C)(C)C)C1CC1. The van der Waals surface area contributed by atoms with Gasteiger partial charge in [0.25, 0.3) is 5.56 Å². The fraction of sp³-hybridized carbons (Fsp3) is 0.600. The molecule has 4 rings (SSSR count). The van der Waals surface area contributed by atoms with Crippen LogP contribution in [0.25, 0.3) is 16.0 Å². The zero-order valence-electron chi connectivity index (χ0n) is 18.0. The van der Waals surface area contributed by atoms with Gasteiger partial charge in [-0.05, 0) is 58.0 Å². The van der Waals surface area contributed by atoms with Crippen molar-refractivity contribution in [3.63, 3.8) is 0 Å². The van der Waals surface area contributed by atoms with Gasteiger partial charge in [-0.1, -0.05) is 0 Å². The maximum Gasteiger partial charge on any atom is 0.407 e. The summed E-state index contributed by atoms with van der Waals surface area (Å²) in [6.45, 7) is 6.63. The second-order valence-corrected chi connectivity index (χ2v) is 9.87. The summed E-state index contributed by atoms with van der Waals surface area (Å²) in [6.07, 6.45) is 1.90. The van der Waals surface area contributed by atoms with Crippen LogP contribution < -0.4 is 10.9 Å². The number of thiophene rings is 1. The number of carbonyl (C=O) groups excluding carboxylic acids is 1. The van der Waals surface area contributed by atoms with Crippen LogP contribution in [0.3, 0.4) is 0 Å². The number of ether oxygens (including phenoxy) is 1. The van der Waals surface area contributed by atoms with Crippen LogP contribution in [0.15, 0.2) is 16.2 Å². The van der Waals surface area contributed by atoms with E-state index in [1.807, 2.05) is 43.7 Å². The van der Waals surface area contributed by atoms with Crippen LogP contribution >= 0.6 is 11.3 Å². The van der Waals surface area contributed by atoms with E-state index in [0.29, 0.717) is 29.5 Å². The third kappa shape index (κ3) is 4.06. The first-order valence-corrected chi connectivity index (χ1v) is 11.0. The van der Waals surface area contributed by atoms with E-state index in [1.54, 1.807) is 7.05 Å². The Hall–Kier alpha value is -2.46. The number of amides is 1. The van der Waals surface area contributed by atoms with Gasteiger partial charge in [-0.2, -0.15) is 0 Å². The van der Waals surface area contributed by atoms with E-state index < -0.39 is 11.7 Å². The Morgan fingerprint density at radius 1 is 1.40 bits per heavy atom. The molecule has 1 aliphatic carbocycles. The summed E-state index contributed by atoms with van der Waals surface area (Å²) < 4.78 is 9.56. The van der Waals surface area contributed by atoms with Crippen molar-refractivity contribution < 1.29 is 9.53 Å². The van der Waals surface area contributed by atoms with Gasteiger partial charge in [-0.3, -0.25) is 18.7 Å². The maximum absolute atomic E-state index is 12.5. The summed E-state index contributed by atoms with van der Waals surface area (Å²) in [4.78, 5) is 26.8. The van der Waals surface area contributed by atoms with Crippen molar-refractivity contribution in [3.05, 3.63) is 27.6 Å². The minimum absolute atomic E-state index is 0.0581. The molecular formula is C20H28N6O3S. The first-order chi connectivity index (χ1) is 14.2. The molecular weight excluding hydrogens is 404 g/mol. The summed E-state index contributed by atoms with van der Waals surface area (Å²) in [5.74, 6) is 1.84. The Bertz CT molecular complexity index is 1140. The largest absolute Gasteiger partial charge is 0.444 e. The summed E-state index contributed by atoms with van der Waals surface area (Å²) in [5.41, 5.74) is 0.256. The number of aromatic nitrogens is 4. The lowest BCUT2D eigenvalue weighted by atomic mass is 10.1. The summed E-state index contributed by atoms with van der Waals surface area (Å²) in [6, 6.07) is 2.11. The molecule has 0 spiro atoms. The average molecular weight is 433 g/mol.